The zero-order chi connectivity index (χ0) is 13.7. The number of amides is 1. The highest BCUT2D eigenvalue weighted by molar-refractivity contribution is 9.10. The molecule has 6 heteroatoms. The lowest BCUT2D eigenvalue weighted by molar-refractivity contribution is -0.124. The molecule has 0 bridgehead atoms. The first-order valence-electron chi connectivity index (χ1n) is 6.10. The Morgan fingerprint density at radius 2 is 2.21 bits per heavy atom. The Hall–Kier alpha value is -1.14. The van der Waals surface area contributed by atoms with Crippen LogP contribution >= 0.6 is 15.9 Å². The van der Waals surface area contributed by atoms with Crippen LogP contribution in [0, 0.1) is 5.82 Å². The van der Waals surface area contributed by atoms with Crippen LogP contribution in [-0.4, -0.2) is 31.8 Å². The second kappa shape index (κ2) is 6.86. The Bertz CT molecular complexity index is 450. The molecule has 0 atom stereocenters. The molecule has 0 spiro atoms. The molecule has 0 aromatic heterocycles. The minimum atomic E-state index is -0.356. The molecule has 0 saturated carbocycles. The average molecular weight is 332 g/mol. The molecule has 1 aromatic rings. The molecule has 4 nitrogen and oxygen atoms in total. The number of hydrogen-bond donors (Lipinski definition) is 1. The van der Waals surface area contributed by atoms with Crippen LogP contribution in [-0.2, 0) is 9.53 Å². The number of halogens is 2. The van der Waals surface area contributed by atoms with Crippen molar-refractivity contribution in [3.05, 3.63) is 28.5 Å². The van der Waals surface area contributed by atoms with Gasteiger partial charge in [-0.1, -0.05) is 0 Å². The topological polar surface area (TPSA) is 47.6 Å². The first kappa shape index (κ1) is 14.3. The lowest BCUT2D eigenvalue weighted by atomic mass is 10.1. The number of carbonyl (C=O) groups is 1. The predicted octanol–water partition coefficient (Wildman–Crippen LogP) is 2.26. The normalized spacial score (nSPS) is 16.1. The van der Waals surface area contributed by atoms with Gasteiger partial charge in [-0.25, -0.2) is 4.39 Å². The molecular weight excluding hydrogens is 317 g/mol. The number of nitrogens with one attached hydrogen (secondary N) is 1. The van der Waals surface area contributed by atoms with E-state index in [2.05, 4.69) is 21.2 Å². The fraction of sp³-hybridized carbons (Fsp3) is 0.462. The van der Waals surface area contributed by atoms with E-state index >= 15 is 0 Å². The van der Waals surface area contributed by atoms with Gasteiger partial charge >= 0.3 is 0 Å². The second-order valence-electron chi connectivity index (χ2n) is 4.32. The van der Waals surface area contributed by atoms with Crippen LogP contribution in [0.1, 0.15) is 12.8 Å². The highest BCUT2D eigenvalue weighted by Crippen LogP contribution is 2.25. The molecule has 0 aliphatic carbocycles. The Labute approximate surface area is 119 Å². The summed E-state index contributed by atoms with van der Waals surface area (Å²) < 4.78 is 23.9. The summed E-state index contributed by atoms with van der Waals surface area (Å²) in [6.45, 7) is 1.27. The number of benzene rings is 1. The molecule has 1 fully saturated rings. The first-order chi connectivity index (χ1) is 9.15. The van der Waals surface area contributed by atoms with E-state index in [1.54, 1.807) is 0 Å². The summed E-state index contributed by atoms with van der Waals surface area (Å²) in [4.78, 5) is 11.7. The van der Waals surface area contributed by atoms with E-state index in [4.69, 9.17) is 9.47 Å². The van der Waals surface area contributed by atoms with Gasteiger partial charge in [0.1, 0.15) is 11.6 Å². The van der Waals surface area contributed by atoms with Gasteiger partial charge in [-0.15, -0.1) is 0 Å². The van der Waals surface area contributed by atoms with Crippen molar-refractivity contribution in [2.24, 2.45) is 0 Å². The molecule has 19 heavy (non-hydrogen) atoms. The third kappa shape index (κ3) is 4.47. The highest BCUT2D eigenvalue weighted by Gasteiger charge is 2.16. The molecular formula is C13H15BrFNO3. The zero-order valence-electron chi connectivity index (χ0n) is 10.3. The van der Waals surface area contributed by atoms with E-state index in [1.165, 1.54) is 18.2 Å². The van der Waals surface area contributed by atoms with Gasteiger partial charge in [-0.3, -0.25) is 4.79 Å². The Kier molecular flexibility index (Phi) is 5.15. The third-order valence-corrected chi connectivity index (χ3v) is 3.46. The maximum Gasteiger partial charge on any atom is 0.258 e. The van der Waals surface area contributed by atoms with Crippen molar-refractivity contribution < 1.29 is 18.7 Å². The quantitative estimate of drug-likeness (QED) is 0.920. The Morgan fingerprint density at radius 3 is 2.89 bits per heavy atom. The van der Waals surface area contributed by atoms with Gasteiger partial charge in [0, 0.05) is 19.3 Å². The molecule has 0 unspecified atom stereocenters. The SMILES string of the molecule is O=C(COc1ccc(F)cc1Br)NC1CCOCC1. The molecule has 2 rings (SSSR count). The summed E-state index contributed by atoms with van der Waals surface area (Å²) in [6, 6.07) is 4.23. The van der Waals surface area contributed by atoms with Crippen LogP contribution in [0.2, 0.25) is 0 Å². The van der Waals surface area contributed by atoms with E-state index in [9.17, 15) is 9.18 Å². The van der Waals surface area contributed by atoms with Crippen molar-refractivity contribution >= 4 is 21.8 Å². The maximum atomic E-state index is 12.9. The number of hydrogen-bond acceptors (Lipinski definition) is 3. The molecule has 0 radical (unpaired) electrons. The zero-order valence-corrected chi connectivity index (χ0v) is 11.9. The van der Waals surface area contributed by atoms with Crippen LogP contribution < -0.4 is 10.1 Å². The van der Waals surface area contributed by atoms with Gasteiger partial charge in [0.2, 0.25) is 0 Å². The molecule has 104 valence electrons. The van der Waals surface area contributed by atoms with Crippen LogP contribution in [0.3, 0.4) is 0 Å². The van der Waals surface area contributed by atoms with Gasteiger partial charge in [0.05, 0.1) is 4.47 Å². The van der Waals surface area contributed by atoms with Crippen LogP contribution in [0.25, 0.3) is 0 Å². The predicted molar refractivity (Wildman–Crippen MR) is 71.6 cm³/mol. The van der Waals surface area contributed by atoms with E-state index < -0.39 is 0 Å². The van der Waals surface area contributed by atoms with Crippen molar-refractivity contribution in [1.82, 2.24) is 5.32 Å². The standard InChI is InChI=1S/C13H15BrFNO3/c14-11-7-9(15)1-2-12(11)19-8-13(17)16-10-3-5-18-6-4-10/h1-2,7,10H,3-6,8H2,(H,16,17). The number of carbonyl (C=O) groups excluding carboxylic acids is 1. The van der Waals surface area contributed by atoms with Gasteiger partial charge in [-0.2, -0.15) is 0 Å². The maximum absolute atomic E-state index is 12.9. The molecule has 1 N–H and O–H groups in total. The molecule has 1 aromatic carbocycles. The summed E-state index contributed by atoms with van der Waals surface area (Å²) in [7, 11) is 0. The van der Waals surface area contributed by atoms with Crippen molar-refractivity contribution in [3.63, 3.8) is 0 Å². The summed E-state index contributed by atoms with van der Waals surface area (Å²) >= 11 is 3.18. The smallest absolute Gasteiger partial charge is 0.258 e. The minimum Gasteiger partial charge on any atom is -0.483 e. The second-order valence-corrected chi connectivity index (χ2v) is 5.17. The summed E-state index contributed by atoms with van der Waals surface area (Å²) in [5.74, 6) is -0.0856. The molecule has 1 heterocycles. The number of rotatable bonds is 4. The fourth-order valence-corrected chi connectivity index (χ4v) is 2.31. The Morgan fingerprint density at radius 1 is 1.47 bits per heavy atom. The largest absolute Gasteiger partial charge is 0.483 e. The van der Waals surface area contributed by atoms with Gasteiger partial charge in [-0.05, 0) is 47.0 Å². The number of ether oxygens (including phenoxy) is 2. The lowest BCUT2D eigenvalue weighted by Gasteiger charge is -2.23. The van der Waals surface area contributed by atoms with Crippen molar-refractivity contribution in [3.8, 4) is 5.75 Å². The van der Waals surface area contributed by atoms with Crippen LogP contribution in [0.15, 0.2) is 22.7 Å². The molecule has 1 saturated heterocycles. The fourth-order valence-electron chi connectivity index (χ4n) is 1.85. The summed E-state index contributed by atoms with van der Waals surface area (Å²) in [6.07, 6.45) is 1.65. The third-order valence-electron chi connectivity index (χ3n) is 2.84. The first-order valence-corrected chi connectivity index (χ1v) is 6.89. The van der Waals surface area contributed by atoms with Gasteiger partial charge < -0.3 is 14.8 Å². The van der Waals surface area contributed by atoms with Crippen molar-refractivity contribution in [2.45, 2.75) is 18.9 Å². The van der Waals surface area contributed by atoms with Gasteiger partial charge in [0.25, 0.3) is 5.91 Å². The van der Waals surface area contributed by atoms with Crippen LogP contribution in [0.5, 0.6) is 5.75 Å². The summed E-state index contributed by atoms with van der Waals surface area (Å²) in [5, 5.41) is 2.89. The minimum absolute atomic E-state index is 0.0818. The summed E-state index contributed by atoms with van der Waals surface area (Å²) in [5.41, 5.74) is 0. The van der Waals surface area contributed by atoms with E-state index in [0.717, 1.165) is 12.8 Å². The molecule has 1 amide bonds. The molecule has 1 aliphatic heterocycles. The van der Waals surface area contributed by atoms with Gasteiger partial charge in [0.15, 0.2) is 6.61 Å². The lowest BCUT2D eigenvalue weighted by Crippen LogP contribution is -2.41. The van der Waals surface area contributed by atoms with E-state index in [1.807, 2.05) is 0 Å². The van der Waals surface area contributed by atoms with E-state index in [0.29, 0.717) is 23.4 Å². The van der Waals surface area contributed by atoms with Crippen molar-refractivity contribution in [1.29, 1.82) is 0 Å². The van der Waals surface area contributed by atoms with Crippen LogP contribution in [0.4, 0.5) is 4.39 Å². The molecule has 1 aliphatic rings. The average Bonchev–Trinajstić information content (AvgIpc) is 2.39. The Balaban J connectivity index is 1.79. The van der Waals surface area contributed by atoms with Crippen molar-refractivity contribution in [2.75, 3.05) is 19.8 Å². The monoisotopic (exact) mass is 331 g/mol. The highest BCUT2D eigenvalue weighted by atomic mass is 79.9. The van der Waals surface area contributed by atoms with E-state index in [-0.39, 0.29) is 24.4 Å².